The summed E-state index contributed by atoms with van der Waals surface area (Å²) in [6.45, 7) is 0. The Hall–Kier alpha value is -3.80. The Labute approximate surface area is 200 Å². The Bertz CT molecular complexity index is 1150. The summed E-state index contributed by atoms with van der Waals surface area (Å²) < 4.78 is 0. The van der Waals surface area contributed by atoms with E-state index in [1.54, 1.807) is 30.6 Å². The number of amides is 1. The van der Waals surface area contributed by atoms with Crippen LogP contribution in [0.25, 0.3) is 0 Å². The standard InChI is InChI=1S/C28H28N4O2/c1-31-26(20-23(33)21-12-4-2-5-13-21)32(22-14-6-3-7-15-22)27(34)28(31,24-16-8-10-18-29-24)25-17-9-11-19-30-25/h2,4-5,8-13,16-20,22H,3,6-7,14-15H2,1H3. The fourth-order valence-corrected chi connectivity index (χ4v) is 5.26. The van der Waals surface area contributed by atoms with Crippen LogP contribution in [0, 0.1) is 0 Å². The minimum Gasteiger partial charge on any atom is -0.336 e. The molecule has 1 aliphatic carbocycles. The maximum atomic E-state index is 14.5. The van der Waals surface area contributed by atoms with E-state index in [4.69, 9.17) is 0 Å². The number of ketones is 1. The lowest BCUT2D eigenvalue weighted by molar-refractivity contribution is -0.134. The van der Waals surface area contributed by atoms with Gasteiger partial charge in [-0.1, -0.05) is 61.7 Å². The number of likely N-dealkylation sites (N-methyl/N-ethyl adjacent to an activating group) is 1. The molecule has 34 heavy (non-hydrogen) atoms. The highest BCUT2D eigenvalue weighted by Gasteiger charge is 2.59. The van der Waals surface area contributed by atoms with Crippen LogP contribution in [0.3, 0.4) is 0 Å². The van der Waals surface area contributed by atoms with Gasteiger partial charge in [-0.25, -0.2) is 0 Å². The van der Waals surface area contributed by atoms with Gasteiger partial charge < -0.3 is 4.90 Å². The lowest BCUT2D eigenvalue weighted by Gasteiger charge is -2.33. The first-order valence-electron chi connectivity index (χ1n) is 11.9. The second-order valence-electron chi connectivity index (χ2n) is 8.90. The Kier molecular flexibility index (Phi) is 5.97. The Morgan fingerprint density at radius 3 is 2.03 bits per heavy atom. The number of rotatable bonds is 5. The molecule has 3 heterocycles. The van der Waals surface area contributed by atoms with Crippen molar-refractivity contribution in [1.82, 2.24) is 19.8 Å². The van der Waals surface area contributed by atoms with Crippen LogP contribution in [0.2, 0.25) is 0 Å². The molecule has 1 amide bonds. The summed E-state index contributed by atoms with van der Waals surface area (Å²) in [5, 5.41) is 0. The molecule has 1 aliphatic heterocycles. The molecule has 0 bridgehead atoms. The fraction of sp³-hybridized carbons (Fsp3) is 0.286. The zero-order valence-electron chi connectivity index (χ0n) is 19.3. The van der Waals surface area contributed by atoms with Crippen LogP contribution in [0.5, 0.6) is 0 Å². The molecule has 6 heteroatoms. The number of aromatic nitrogens is 2. The van der Waals surface area contributed by atoms with Crippen LogP contribution < -0.4 is 0 Å². The van der Waals surface area contributed by atoms with Gasteiger partial charge in [-0.3, -0.25) is 24.5 Å². The van der Waals surface area contributed by atoms with E-state index in [2.05, 4.69) is 9.97 Å². The summed E-state index contributed by atoms with van der Waals surface area (Å²) >= 11 is 0. The molecular weight excluding hydrogens is 424 g/mol. The minimum absolute atomic E-state index is 0.0350. The fourth-order valence-electron chi connectivity index (χ4n) is 5.26. The van der Waals surface area contributed by atoms with Crippen molar-refractivity contribution in [3.63, 3.8) is 0 Å². The molecule has 172 valence electrons. The third kappa shape index (κ3) is 3.59. The normalized spacial score (nSPS) is 19.6. The molecule has 1 saturated heterocycles. The molecule has 0 N–H and O–H groups in total. The monoisotopic (exact) mass is 452 g/mol. The van der Waals surface area contributed by atoms with Crippen LogP contribution in [-0.2, 0) is 10.3 Å². The highest BCUT2D eigenvalue weighted by molar-refractivity contribution is 6.06. The molecular formula is C28H28N4O2. The van der Waals surface area contributed by atoms with E-state index in [1.165, 1.54) is 6.42 Å². The lowest BCUT2D eigenvalue weighted by Crippen LogP contribution is -2.48. The number of benzene rings is 1. The molecule has 0 unspecified atom stereocenters. The van der Waals surface area contributed by atoms with Gasteiger partial charge in [0.25, 0.3) is 5.91 Å². The number of carbonyl (C=O) groups is 2. The summed E-state index contributed by atoms with van der Waals surface area (Å²) in [4.78, 5) is 40.8. The second-order valence-corrected chi connectivity index (χ2v) is 8.90. The van der Waals surface area contributed by atoms with Crippen LogP contribution in [-0.4, -0.2) is 44.5 Å². The van der Waals surface area contributed by atoms with Crippen LogP contribution in [0.15, 0.2) is 91.0 Å². The van der Waals surface area contributed by atoms with Gasteiger partial charge in [-0.2, -0.15) is 0 Å². The zero-order chi connectivity index (χ0) is 23.5. The molecule has 0 radical (unpaired) electrons. The molecule has 2 aliphatic rings. The van der Waals surface area contributed by atoms with Crippen LogP contribution in [0.4, 0.5) is 0 Å². The first-order chi connectivity index (χ1) is 16.6. The SMILES string of the molecule is CN1C(=CC(=O)c2ccccc2)N(C2CCCCC2)C(=O)C1(c1ccccn1)c1ccccn1. The van der Waals surface area contributed by atoms with Gasteiger partial charge >= 0.3 is 0 Å². The van der Waals surface area contributed by atoms with Gasteiger partial charge in [0.05, 0.1) is 11.4 Å². The van der Waals surface area contributed by atoms with E-state index in [-0.39, 0.29) is 17.7 Å². The van der Waals surface area contributed by atoms with Gasteiger partial charge in [0.1, 0.15) is 5.82 Å². The lowest BCUT2D eigenvalue weighted by atomic mass is 9.87. The maximum absolute atomic E-state index is 14.5. The van der Waals surface area contributed by atoms with Crippen molar-refractivity contribution in [2.45, 2.75) is 43.7 Å². The molecule has 2 aromatic heterocycles. The Morgan fingerprint density at radius 2 is 1.47 bits per heavy atom. The number of allylic oxidation sites excluding steroid dienone is 1. The van der Waals surface area contributed by atoms with E-state index < -0.39 is 5.54 Å². The van der Waals surface area contributed by atoms with Crippen molar-refractivity contribution in [1.29, 1.82) is 0 Å². The average molecular weight is 453 g/mol. The van der Waals surface area contributed by atoms with Crippen molar-refractivity contribution in [2.75, 3.05) is 7.05 Å². The van der Waals surface area contributed by atoms with Crippen molar-refractivity contribution >= 4 is 11.7 Å². The molecule has 3 aromatic rings. The van der Waals surface area contributed by atoms with E-state index in [9.17, 15) is 9.59 Å². The van der Waals surface area contributed by atoms with E-state index >= 15 is 0 Å². The van der Waals surface area contributed by atoms with Gasteiger partial charge in [0, 0.05) is 37.1 Å². The summed E-state index contributed by atoms with van der Waals surface area (Å²) in [6, 6.07) is 20.4. The Balaban J connectivity index is 1.71. The number of carbonyl (C=O) groups excluding carboxylic acids is 2. The van der Waals surface area contributed by atoms with Gasteiger partial charge in [0.2, 0.25) is 5.54 Å². The van der Waals surface area contributed by atoms with Gasteiger partial charge in [-0.05, 0) is 37.1 Å². The molecule has 5 rings (SSSR count). The Morgan fingerprint density at radius 1 is 0.882 bits per heavy atom. The molecule has 1 saturated carbocycles. The minimum atomic E-state index is -1.25. The maximum Gasteiger partial charge on any atom is 0.266 e. The molecule has 0 spiro atoms. The molecule has 1 aromatic carbocycles. The van der Waals surface area contributed by atoms with Crippen molar-refractivity contribution in [2.24, 2.45) is 0 Å². The topological polar surface area (TPSA) is 66.4 Å². The van der Waals surface area contributed by atoms with Crippen molar-refractivity contribution < 1.29 is 9.59 Å². The highest BCUT2D eigenvalue weighted by Crippen LogP contribution is 2.46. The number of hydrogen-bond acceptors (Lipinski definition) is 5. The van der Waals surface area contributed by atoms with E-state index in [0.717, 1.165) is 25.7 Å². The highest BCUT2D eigenvalue weighted by atomic mass is 16.2. The largest absolute Gasteiger partial charge is 0.336 e. The molecule has 2 fully saturated rings. The van der Waals surface area contributed by atoms with E-state index in [1.807, 2.05) is 71.4 Å². The first kappa shape index (κ1) is 22.0. The molecule has 6 nitrogen and oxygen atoms in total. The van der Waals surface area contributed by atoms with Gasteiger partial charge in [0.15, 0.2) is 5.78 Å². The van der Waals surface area contributed by atoms with Gasteiger partial charge in [-0.15, -0.1) is 0 Å². The van der Waals surface area contributed by atoms with Crippen LogP contribution in [0.1, 0.15) is 53.8 Å². The van der Waals surface area contributed by atoms with Crippen LogP contribution >= 0.6 is 0 Å². The predicted octanol–water partition coefficient (Wildman–Crippen LogP) is 4.55. The number of hydrogen-bond donors (Lipinski definition) is 0. The number of nitrogens with zero attached hydrogens (tertiary/aromatic N) is 4. The average Bonchev–Trinajstić information content (AvgIpc) is 3.12. The third-order valence-corrected chi connectivity index (χ3v) is 6.95. The zero-order valence-corrected chi connectivity index (χ0v) is 19.3. The second kappa shape index (κ2) is 9.21. The predicted molar refractivity (Wildman–Crippen MR) is 130 cm³/mol. The third-order valence-electron chi connectivity index (χ3n) is 6.95. The first-order valence-corrected chi connectivity index (χ1v) is 11.9. The summed E-state index contributed by atoms with van der Waals surface area (Å²) in [7, 11) is 1.87. The summed E-state index contributed by atoms with van der Waals surface area (Å²) in [5.41, 5.74) is 0.533. The molecule has 0 atom stereocenters. The van der Waals surface area contributed by atoms with Crippen molar-refractivity contribution in [3.8, 4) is 0 Å². The quantitative estimate of drug-likeness (QED) is 0.420. The van der Waals surface area contributed by atoms with E-state index in [0.29, 0.717) is 22.8 Å². The summed E-state index contributed by atoms with van der Waals surface area (Å²) in [5.74, 6) is 0.363. The summed E-state index contributed by atoms with van der Waals surface area (Å²) in [6.07, 6.45) is 10.1. The van der Waals surface area contributed by atoms with Crippen molar-refractivity contribution in [3.05, 3.63) is 108 Å². The smallest absolute Gasteiger partial charge is 0.266 e. The number of pyridine rings is 2.